The molecule has 0 saturated heterocycles. The summed E-state index contributed by atoms with van der Waals surface area (Å²) in [5.74, 6) is -0.590. The van der Waals surface area contributed by atoms with Crippen LogP contribution in [0.2, 0.25) is 0 Å². The van der Waals surface area contributed by atoms with Gasteiger partial charge in [0, 0.05) is 6.04 Å². The first-order chi connectivity index (χ1) is 8.93. The molecule has 0 heterocycles. The van der Waals surface area contributed by atoms with Crippen molar-refractivity contribution in [3.63, 3.8) is 0 Å². The van der Waals surface area contributed by atoms with Gasteiger partial charge in [-0.1, -0.05) is 0 Å². The lowest BCUT2D eigenvalue weighted by atomic mass is 10.1. The Balaban J connectivity index is 2.72. The third-order valence-corrected chi connectivity index (χ3v) is 2.36. The van der Waals surface area contributed by atoms with E-state index in [9.17, 15) is 9.59 Å². The van der Waals surface area contributed by atoms with Gasteiger partial charge in [0.05, 0.1) is 30.6 Å². The van der Waals surface area contributed by atoms with Crippen molar-refractivity contribution in [2.75, 3.05) is 24.7 Å². The van der Waals surface area contributed by atoms with Crippen molar-refractivity contribution in [1.82, 2.24) is 5.32 Å². The van der Waals surface area contributed by atoms with E-state index in [4.69, 9.17) is 5.73 Å². The fourth-order valence-electron chi connectivity index (χ4n) is 1.50. The van der Waals surface area contributed by atoms with Crippen LogP contribution >= 0.6 is 0 Å². The number of ether oxygens (including phenoxy) is 1. The lowest BCUT2D eigenvalue weighted by Crippen LogP contribution is -2.34. The van der Waals surface area contributed by atoms with Crippen LogP contribution in [-0.2, 0) is 9.53 Å². The second-order valence-electron chi connectivity index (χ2n) is 4.37. The molecule has 0 aliphatic heterocycles. The summed E-state index contributed by atoms with van der Waals surface area (Å²) >= 11 is 0. The number of hydrogen-bond donors (Lipinski definition) is 3. The molecule has 4 N–H and O–H groups in total. The molecule has 1 aromatic rings. The Bertz CT molecular complexity index is 472. The summed E-state index contributed by atoms with van der Waals surface area (Å²) in [7, 11) is 1.31. The summed E-state index contributed by atoms with van der Waals surface area (Å²) in [6.45, 7) is 3.85. The van der Waals surface area contributed by atoms with Crippen molar-refractivity contribution < 1.29 is 14.3 Å². The van der Waals surface area contributed by atoms with Gasteiger partial charge >= 0.3 is 5.97 Å². The molecular weight excluding hydrogens is 246 g/mol. The second kappa shape index (κ2) is 6.63. The number of anilines is 2. The van der Waals surface area contributed by atoms with Crippen molar-refractivity contribution in [3.8, 4) is 0 Å². The van der Waals surface area contributed by atoms with Gasteiger partial charge in [0.1, 0.15) is 0 Å². The number of rotatable bonds is 5. The highest BCUT2D eigenvalue weighted by Gasteiger charge is 2.09. The van der Waals surface area contributed by atoms with Gasteiger partial charge in [-0.2, -0.15) is 0 Å². The van der Waals surface area contributed by atoms with Crippen LogP contribution in [0.15, 0.2) is 18.2 Å². The number of nitrogen functional groups attached to an aromatic ring is 1. The van der Waals surface area contributed by atoms with E-state index in [2.05, 4.69) is 15.4 Å². The summed E-state index contributed by atoms with van der Waals surface area (Å²) < 4.78 is 4.62. The molecule has 0 saturated carbocycles. The maximum Gasteiger partial charge on any atom is 0.337 e. The first-order valence-corrected chi connectivity index (χ1v) is 5.95. The Morgan fingerprint density at radius 2 is 2.05 bits per heavy atom. The quantitative estimate of drug-likeness (QED) is 0.545. The molecule has 0 aromatic heterocycles. The van der Waals surface area contributed by atoms with E-state index in [1.54, 1.807) is 18.2 Å². The van der Waals surface area contributed by atoms with Gasteiger partial charge in [-0.25, -0.2) is 4.79 Å². The van der Waals surface area contributed by atoms with Crippen molar-refractivity contribution in [1.29, 1.82) is 0 Å². The molecule has 1 aromatic carbocycles. The maximum absolute atomic E-state index is 11.5. The number of esters is 1. The largest absolute Gasteiger partial charge is 0.465 e. The summed E-state index contributed by atoms with van der Waals surface area (Å²) in [6, 6.07) is 4.80. The first kappa shape index (κ1) is 14.8. The zero-order chi connectivity index (χ0) is 14.4. The van der Waals surface area contributed by atoms with Crippen LogP contribution in [0.25, 0.3) is 0 Å². The maximum atomic E-state index is 11.5. The minimum atomic E-state index is -0.449. The summed E-state index contributed by atoms with van der Waals surface area (Å²) in [5.41, 5.74) is 7.14. The van der Waals surface area contributed by atoms with Gasteiger partial charge in [-0.05, 0) is 32.0 Å². The standard InChI is InChI=1S/C13H19N3O3/c1-8(2)16-12(17)7-15-11-6-9(13(18)19-3)4-5-10(11)14/h4-6,8,15H,7,14H2,1-3H3,(H,16,17). The monoisotopic (exact) mass is 265 g/mol. The highest BCUT2D eigenvalue weighted by atomic mass is 16.5. The van der Waals surface area contributed by atoms with Crippen LogP contribution < -0.4 is 16.4 Å². The first-order valence-electron chi connectivity index (χ1n) is 5.95. The van der Waals surface area contributed by atoms with Crippen LogP contribution in [0, 0.1) is 0 Å². The summed E-state index contributed by atoms with van der Waals surface area (Å²) in [5, 5.41) is 5.64. The lowest BCUT2D eigenvalue weighted by molar-refractivity contribution is -0.119. The lowest BCUT2D eigenvalue weighted by Gasteiger charge is -2.12. The van der Waals surface area contributed by atoms with Gasteiger partial charge < -0.3 is 21.1 Å². The normalized spacial score (nSPS) is 10.1. The minimum absolute atomic E-state index is 0.0769. The number of benzene rings is 1. The third kappa shape index (κ3) is 4.50. The molecule has 0 bridgehead atoms. The number of amides is 1. The van der Waals surface area contributed by atoms with Crippen LogP contribution in [0.4, 0.5) is 11.4 Å². The second-order valence-corrected chi connectivity index (χ2v) is 4.37. The molecule has 0 aliphatic carbocycles. The number of nitrogens with one attached hydrogen (secondary N) is 2. The fourth-order valence-corrected chi connectivity index (χ4v) is 1.50. The Labute approximate surface area is 112 Å². The van der Waals surface area contributed by atoms with Crippen molar-refractivity contribution in [3.05, 3.63) is 23.8 Å². The Morgan fingerprint density at radius 1 is 1.37 bits per heavy atom. The topological polar surface area (TPSA) is 93.4 Å². The molecule has 0 spiro atoms. The number of carbonyl (C=O) groups is 2. The summed E-state index contributed by atoms with van der Waals surface area (Å²) in [6.07, 6.45) is 0. The van der Waals surface area contributed by atoms with Gasteiger partial charge in [0.15, 0.2) is 0 Å². The zero-order valence-corrected chi connectivity index (χ0v) is 11.3. The van der Waals surface area contributed by atoms with E-state index in [0.29, 0.717) is 16.9 Å². The van der Waals surface area contributed by atoms with Crippen LogP contribution in [-0.4, -0.2) is 31.6 Å². The molecule has 1 rings (SSSR count). The summed E-state index contributed by atoms with van der Waals surface area (Å²) in [4.78, 5) is 22.9. The Hall–Kier alpha value is -2.24. The van der Waals surface area contributed by atoms with Crippen LogP contribution in [0.5, 0.6) is 0 Å². The highest BCUT2D eigenvalue weighted by molar-refractivity contribution is 5.92. The molecule has 0 unspecified atom stereocenters. The molecule has 0 fully saturated rings. The molecule has 104 valence electrons. The van der Waals surface area contributed by atoms with Crippen molar-refractivity contribution in [2.45, 2.75) is 19.9 Å². The molecule has 6 heteroatoms. The molecule has 0 atom stereocenters. The molecule has 19 heavy (non-hydrogen) atoms. The van der Waals surface area contributed by atoms with Gasteiger partial charge in [-0.15, -0.1) is 0 Å². The van der Waals surface area contributed by atoms with E-state index in [-0.39, 0.29) is 18.5 Å². The Kier molecular flexibility index (Phi) is 5.17. The Morgan fingerprint density at radius 3 is 2.63 bits per heavy atom. The van der Waals surface area contributed by atoms with Crippen LogP contribution in [0.3, 0.4) is 0 Å². The predicted octanol–water partition coefficient (Wildman–Crippen LogP) is 0.992. The van der Waals surface area contributed by atoms with E-state index >= 15 is 0 Å². The molecular formula is C13H19N3O3. The number of hydrogen-bond acceptors (Lipinski definition) is 5. The van der Waals surface area contributed by atoms with E-state index in [0.717, 1.165) is 0 Å². The highest BCUT2D eigenvalue weighted by Crippen LogP contribution is 2.20. The number of carbonyl (C=O) groups excluding carboxylic acids is 2. The van der Waals surface area contributed by atoms with Gasteiger partial charge in [-0.3, -0.25) is 4.79 Å². The smallest absolute Gasteiger partial charge is 0.337 e. The van der Waals surface area contributed by atoms with Gasteiger partial charge in [0.25, 0.3) is 0 Å². The average molecular weight is 265 g/mol. The SMILES string of the molecule is COC(=O)c1ccc(N)c(NCC(=O)NC(C)C)c1. The predicted molar refractivity (Wildman–Crippen MR) is 74.0 cm³/mol. The van der Waals surface area contributed by atoms with E-state index < -0.39 is 5.97 Å². The molecule has 1 amide bonds. The minimum Gasteiger partial charge on any atom is -0.465 e. The van der Waals surface area contributed by atoms with E-state index in [1.165, 1.54) is 7.11 Å². The zero-order valence-electron chi connectivity index (χ0n) is 11.3. The number of methoxy groups -OCH3 is 1. The average Bonchev–Trinajstić information content (AvgIpc) is 2.36. The van der Waals surface area contributed by atoms with Gasteiger partial charge in [0.2, 0.25) is 5.91 Å². The van der Waals surface area contributed by atoms with E-state index in [1.807, 2.05) is 13.8 Å². The number of nitrogens with two attached hydrogens (primary N) is 1. The third-order valence-electron chi connectivity index (χ3n) is 2.36. The van der Waals surface area contributed by atoms with Crippen molar-refractivity contribution in [2.24, 2.45) is 0 Å². The van der Waals surface area contributed by atoms with Crippen LogP contribution in [0.1, 0.15) is 24.2 Å². The fraction of sp³-hybridized carbons (Fsp3) is 0.385. The van der Waals surface area contributed by atoms with Crippen molar-refractivity contribution >= 4 is 23.3 Å². The molecule has 6 nitrogen and oxygen atoms in total. The molecule has 0 radical (unpaired) electrons. The molecule has 0 aliphatic rings.